The molecule has 0 saturated carbocycles. The zero-order valence-corrected chi connectivity index (χ0v) is 9.29. The van der Waals surface area contributed by atoms with Gasteiger partial charge in [0.2, 0.25) is 0 Å². The molecule has 2 aliphatic rings. The van der Waals surface area contributed by atoms with Crippen molar-refractivity contribution in [3.8, 4) is 0 Å². The Bertz CT molecular complexity index is 397. The van der Waals surface area contributed by atoms with E-state index in [-0.39, 0.29) is 6.04 Å². The standard InChI is InChI=1S/C11H17N5/c12-10-2-1-9(5-10)6-15-3-4-16-8-13-14-11(16)7-15/h1-2,8-10H,3-7,12H2. The number of fused-ring (bicyclic) bond motifs is 1. The van der Waals surface area contributed by atoms with E-state index in [1.165, 1.54) is 0 Å². The molecule has 5 nitrogen and oxygen atoms in total. The van der Waals surface area contributed by atoms with E-state index in [1.807, 2.05) is 6.33 Å². The van der Waals surface area contributed by atoms with Gasteiger partial charge in [-0.15, -0.1) is 10.2 Å². The second kappa shape index (κ2) is 3.99. The molecular weight excluding hydrogens is 202 g/mol. The van der Waals surface area contributed by atoms with E-state index in [9.17, 15) is 0 Å². The van der Waals surface area contributed by atoms with Gasteiger partial charge in [-0.3, -0.25) is 4.90 Å². The first kappa shape index (κ1) is 9.99. The minimum atomic E-state index is 0.262. The first-order chi connectivity index (χ1) is 7.81. The van der Waals surface area contributed by atoms with Crippen molar-refractivity contribution in [2.24, 2.45) is 11.7 Å². The molecule has 0 saturated heterocycles. The number of hydrogen-bond acceptors (Lipinski definition) is 4. The molecule has 0 fully saturated rings. The Labute approximate surface area is 94.9 Å². The van der Waals surface area contributed by atoms with Crippen molar-refractivity contribution in [1.29, 1.82) is 0 Å². The van der Waals surface area contributed by atoms with Crippen LogP contribution in [0.3, 0.4) is 0 Å². The summed E-state index contributed by atoms with van der Waals surface area (Å²) in [6.07, 6.45) is 7.28. The van der Waals surface area contributed by atoms with Gasteiger partial charge in [-0.05, 0) is 12.3 Å². The van der Waals surface area contributed by atoms with Crippen LogP contribution in [0.15, 0.2) is 18.5 Å². The molecule has 0 aromatic carbocycles. The van der Waals surface area contributed by atoms with E-state index >= 15 is 0 Å². The summed E-state index contributed by atoms with van der Waals surface area (Å²) in [7, 11) is 0. The fourth-order valence-electron chi connectivity index (χ4n) is 2.55. The third kappa shape index (κ3) is 1.88. The van der Waals surface area contributed by atoms with Crippen LogP contribution in [0.1, 0.15) is 12.2 Å². The third-order valence-corrected chi connectivity index (χ3v) is 3.42. The van der Waals surface area contributed by atoms with Crippen LogP contribution in [-0.2, 0) is 13.1 Å². The van der Waals surface area contributed by atoms with Crippen LogP contribution in [0.5, 0.6) is 0 Å². The highest BCUT2D eigenvalue weighted by Crippen LogP contribution is 2.19. The second-order valence-corrected chi connectivity index (χ2v) is 4.72. The highest BCUT2D eigenvalue weighted by molar-refractivity contribution is 5.05. The molecule has 2 atom stereocenters. The predicted molar refractivity (Wildman–Crippen MR) is 60.5 cm³/mol. The zero-order valence-electron chi connectivity index (χ0n) is 9.29. The van der Waals surface area contributed by atoms with Gasteiger partial charge < -0.3 is 10.3 Å². The van der Waals surface area contributed by atoms with Crippen LogP contribution < -0.4 is 5.73 Å². The van der Waals surface area contributed by atoms with Crippen molar-refractivity contribution in [1.82, 2.24) is 19.7 Å². The molecule has 0 amide bonds. The number of nitrogens with zero attached hydrogens (tertiary/aromatic N) is 4. The molecule has 86 valence electrons. The van der Waals surface area contributed by atoms with Gasteiger partial charge in [0.25, 0.3) is 0 Å². The van der Waals surface area contributed by atoms with Gasteiger partial charge in [-0.1, -0.05) is 12.2 Å². The Morgan fingerprint density at radius 1 is 1.38 bits per heavy atom. The lowest BCUT2D eigenvalue weighted by Crippen LogP contribution is -2.36. The Kier molecular flexibility index (Phi) is 2.49. The number of hydrogen-bond donors (Lipinski definition) is 1. The smallest absolute Gasteiger partial charge is 0.147 e. The monoisotopic (exact) mass is 219 g/mol. The molecule has 5 heteroatoms. The summed E-state index contributed by atoms with van der Waals surface area (Å²) in [6, 6.07) is 0.262. The lowest BCUT2D eigenvalue weighted by molar-refractivity contribution is 0.196. The van der Waals surface area contributed by atoms with Crippen LogP contribution in [-0.4, -0.2) is 38.8 Å². The predicted octanol–water partition coefficient (Wildman–Crippen LogP) is -0.00290. The van der Waals surface area contributed by atoms with E-state index in [2.05, 4.69) is 31.8 Å². The summed E-state index contributed by atoms with van der Waals surface area (Å²) in [5.41, 5.74) is 5.86. The number of rotatable bonds is 2. The second-order valence-electron chi connectivity index (χ2n) is 4.72. The van der Waals surface area contributed by atoms with E-state index in [0.717, 1.165) is 38.4 Å². The molecule has 3 rings (SSSR count). The van der Waals surface area contributed by atoms with Crippen LogP contribution in [0.4, 0.5) is 0 Å². The first-order valence-electron chi connectivity index (χ1n) is 5.84. The summed E-state index contributed by atoms with van der Waals surface area (Å²) < 4.78 is 2.13. The average molecular weight is 219 g/mol. The Morgan fingerprint density at radius 2 is 2.31 bits per heavy atom. The van der Waals surface area contributed by atoms with Crippen molar-refractivity contribution < 1.29 is 0 Å². The van der Waals surface area contributed by atoms with Gasteiger partial charge in [0.15, 0.2) is 0 Å². The SMILES string of the molecule is NC1C=CC(CN2CCn3cnnc3C2)C1. The third-order valence-electron chi connectivity index (χ3n) is 3.42. The lowest BCUT2D eigenvalue weighted by Gasteiger charge is -2.28. The molecule has 0 radical (unpaired) electrons. The van der Waals surface area contributed by atoms with E-state index in [0.29, 0.717) is 5.92 Å². The van der Waals surface area contributed by atoms with Gasteiger partial charge in [-0.25, -0.2) is 0 Å². The van der Waals surface area contributed by atoms with Gasteiger partial charge >= 0.3 is 0 Å². The van der Waals surface area contributed by atoms with Crippen LogP contribution in [0, 0.1) is 5.92 Å². The summed E-state index contributed by atoms with van der Waals surface area (Å²) in [5, 5.41) is 8.06. The Hall–Kier alpha value is -1.20. The van der Waals surface area contributed by atoms with Crippen molar-refractivity contribution in [2.75, 3.05) is 13.1 Å². The first-order valence-corrected chi connectivity index (χ1v) is 5.84. The maximum absolute atomic E-state index is 5.86. The fraction of sp³-hybridized carbons (Fsp3) is 0.636. The number of aromatic nitrogens is 3. The molecule has 2 heterocycles. The maximum Gasteiger partial charge on any atom is 0.147 e. The summed E-state index contributed by atoms with van der Waals surface area (Å²) in [5.74, 6) is 1.70. The minimum absolute atomic E-state index is 0.262. The molecule has 1 aliphatic heterocycles. The molecule has 2 N–H and O–H groups in total. The van der Waals surface area contributed by atoms with E-state index in [4.69, 9.17) is 5.73 Å². The molecule has 1 aromatic heterocycles. The molecule has 0 spiro atoms. The van der Waals surface area contributed by atoms with E-state index < -0.39 is 0 Å². The Morgan fingerprint density at radius 3 is 3.12 bits per heavy atom. The summed E-state index contributed by atoms with van der Waals surface area (Å²) >= 11 is 0. The normalized spacial score (nSPS) is 29.6. The van der Waals surface area contributed by atoms with Gasteiger partial charge in [0.1, 0.15) is 12.2 Å². The average Bonchev–Trinajstić information content (AvgIpc) is 2.87. The molecular formula is C11H17N5. The van der Waals surface area contributed by atoms with Crippen molar-refractivity contribution in [2.45, 2.75) is 25.6 Å². The highest BCUT2D eigenvalue weighted by Gasteiger charge is 2.22. The number of nitrogens with two attached hydrogens (primary N) is 1. The van der Waals surface area contributed by atoms with Crippen LogP contribution >= 0.6 is 0 Å². The van der Waals surface area contributed by atoms with Crippen molar-refractivity contribution >= 4 is 0 Å². The van der Waals surface area contributed by atoms with Gasteiger partial charge in [0.05, 0.1) is 6.54 Å². The topological polar surface area (TPSA) is 60.0 Å². The van der Waals surface area contributed by atoms with Gasteiger partial charge in [-0.2, -0.15) is 0 Å². The molecule has 0 bridgehead atoms. The minimum Gasteiger partial charge on any atom is -0.324 e. The largest absolute Gasteiger partial charge is 0.324 e. The molecule has 1 aromatic rings. The van der Waals surface area contributed by atoms with Crippen molar-refractivity contribution in [3.63, 3.8) is 0 Å². The highest BCUT2D eigenvalue weighted by atomic mass is 15.3. The fourth-order valence-corrected chi connectivity index (χ4v) is 2.55. The van der Waals surface area contributed by atoms with E-state index in [1.54, 1.807) is 0 Å². The molecule has 2 unspecified atom stereocenters. The maximum atomic E-state index is 5.86. The lowest BCUT2D eigenvalue weighted by atomic mass is 10.1. The molecule has 1 aliphatic carbocycles. The quantitative estimate of drug-likeness (QED) is 0.711. The van der Waals surface area contributed by atoms with Gasteiger partial charge in [0, 0.05) is 25.7 Å². The summed E-state index contributed by atoms with van der Waals surface area (Å²) in [4.78, 5) is 2.44. The zero-order chi connectivity index (χ0) is 11.0. The van der Waals surface area contributed by atoms with Crippen LogP contribution in [0.25, 0.3) is 0 Å². The molecule has 16 heavy (non-hydrogen) atoms. The Balaban J connectivity index is 1.60. The van der Waals surface area contributed by atoms with Crippen LogP contribution in [0.2, 0.25) is 0 Å². The van der Waals surface area contributed by atoms with Crippen molar-refractivity contribution in [3.05, 3.63) is 24.3 Å². The summed E-state index contributed by atoms with van der Waals surface area (Å²) in [6.45, 7) is 4.10.